The van der Waals surface area contributed by atoms with Crippen molar-refractivity contribution < 1.29 is 4.74 Å². The summed E-state index contributed by atoms with van der Waals surface area (Å²) in [5.41, 5.74) is 7.15. The molecule has 0 aliphatic heterocycles. The molecule has 0 aromatic heterocycles. The lowest BCUT2D eigenvalue weighted by atomic mass is 10.0. The predicted molar refractivity (Wildman–Crippen MR) is 101 cm³/mol. The number of aliphatic imine (C=N–C) groups is 1. The van der Waals surface area contributed by atoms with Crippen LogP contribution in [0.5, 0.6) is 5.75 Å². The zero-order valence-corrected chi connectivity index (χ0v) is 15.8. The molecule has 1 aromatic carbocycles. The third kappa shape index (κ3) is 8.14. The van der Waals surface area contributed by atoms with Gasteiger partial charge >= 0.3 is 0 Å². The van der Waals surface area contributed by atoms with E-state index in [1.54, 1.807) is 7.11 Å². The summed E-state index contributed by atoms with van der Waals surface area (Å²) in [5.74, 6) is 1.89. The van der Waals surface area contributed by atoms with Crippen LogP contribution < -0.4 is 15.8 Å². The molecule has 0 fully saturated rings. The van der Waals surface area contributed by atoms with Gasteiger partial charge in [-0.1, -0.05) is 26.0 Å². The van der Waals surface area contributed by atoms with Gasteiger partial charge in [0.05, 0.1) is 7.11 Å². The first-order valence-electron chi connectivity index (χ1n) is 7.24. The number of benzene rings is 1. The van der Waals surface area contributed by atoms with E-state index in [-0.39, 0.29) is 24.0 Å². The zero-order valence-electron chi connectivity index (χ0n) is 13.4. The Morgan fingerprint density at radius 3 is 2.43 bits per heavy atom. The third-order valence-electron chi connectivity index (χ3n) is 3.32. The number of halogens is 1. The van der Waals surface area contributed by atoms with E-state index >= 15 is 0 Å². The lowest BCUT2D eigenvalue weighted by Gasteiger charge is -2.13. The number of ether oxygens (including phenoxy) is 1. The van der Waals surface area contributed by atoms with Crippen molar-refractivity contribution in [2.45, 2.75) is 39.7 Å². The fourth-order valence-corrected chi connectivity index (χ4v) is 1.88. The number of nitrogens with two attached hydrogens (primary N) is 1. The van der Waals surface area contributed by atoms with E-state index in [2.05, 4.69) is 43.2 Å². The maximum atomic E-state index is 5.85. The molecule has 5 heteroatoms. The highest BCUT2D eigenvalue weighted by atomic mass is 127. The number of rotatable bonds is 7. The van der Waals surface area contributed by atoms with Gasteiger partial charge in [-0.15, -0.1) is 24.0 Å². The lowest BCUT2D eigenvalue weighted by Crippen LogP contribution is -2.38. The van der Waals surface area contributed by atoms with Gasteiger partial charge in [-0.25, -0.2) is 0 Å². The van der Waals surface area contributed by atoms with Crippen LogP contribution in [-0.2, 0) is 6.42 Å². The summed E-state index contributed by atoms with van der Waals surface area (Å²) in [6, 6.07) is 8.55. The summed E-state index contributed by atoms with van der Waals surface area (Å²) in [5, 5.41) is 3.18. The molecule has 1 rings (SSSR count). The fourth-order valence-electron chi connectivity index (χ4n) is 1.88. The highest BCUT2D eigenvalue weighted by Crippen LogP contribution is 2.14. The Bertz CT molecular complexity index is 420. The first-order valence-corrected chi connectivity index (χ1v) is 7.24. The van der Waals surface area contributed by atoms with Crippen molar-refractivity contribution in [2.24, 2.45) is 16.6 Å². The predicted octanol–water partition coefficient (Wildman–Crippen LogP) is 3.19. The Hall–Kier alpha value is -0.980. The Kier molecular flexibility index (Phi) is 10.2. The van der Waals surface area contributed by atoms with E-state index in [1.807, 2.05) is 12.1 Å². The van der Waals surface area contributed by atoms with Crippen LogP contribution in [0.2, 0.25) is 0 Å². The maximum Gasteiger partial charge on any atom is 0.188 e. The van der Waals surface area contributed by atoms with E-state index in [0.717, 1.165) is 25.1 Å². The van der Waals surface area contributed by atoms with Crippen LogP contribution in [0.3, 0.4) is 0 Å². The van der Waals surface area contributed by atoms with E-state index in [4.69, 9.17) is 10.5 Å². The topological polar surface area (TPSA) is 59.6 Å². The van der Waals surface area contributed by atoms with Crippen molar-refractivity contribution in [3.63, 3.8) is 0 Å². The summed E-state index contributed by atoms with van der Waals surface area (Å²) < 4.78 is 5.15. The quantitative estimate of drug-likeness (QED) is 0.416. The molecule has 0 aliphatic carbocycles. The van der Waals surface area contributed by atoms with E-state index < -0.39 is 0 Å². The average molecular weight is 405 g/mol. The van der Waals surface area contributed by atoms with Crippen molar-refractivity contribution in [1.29, 1.82) is 0 Å². The second kappa shape index (κ2) is 10.7. The van der Waals surface area contributed by atoms with Gasteiger partial charge in [0.2, 0.25) is 0 Å². The molecular weight excluding hydrogens is 377 g/mol. The van der Waals surface area contributed by atoms with Gasteiger partial charge in [-0.05, 0) is 43.4 Å². The standard InChI is InChI=1S/C16H27N3O.HI/c1-5-13(3)19-16(17)18-11-12(2)10-14-6-8-15(20-4)9-7-14;/h6-9,12-13H,5,10-11H2,1-4H3,(H3,17,18,19);1H. The molecule has 2 unspecified atom stereocenters. The number of hydrogen-bond acceptors (Lipinski definition) is 2. The van der Waals surface area contributed by atoms with Crippen molar-refractivity contribution in [2.75, 3.05) is 13.7 Å². The largest absolute Gasteiger partial charge is 0.497 e. The second-order valence-corrected chi connectivity index (χ2v) is 5.34. The molecule has 0 spiro atoms. The van der Waals surface area contributed by atoms with Crippen molar-refractivity contribution >= 4 is 29.9 Å². The van der Waals surface area contributed by atoms with Crippen LogP contribution in [0.25, 0.3) is 0 Å². The minimum Gasteiger partial charge on any atom is -0.497 e. The summed E-state index contributed by atoms with van der Waals surface area (Å²) in [7, 11) is 1.68. The number of nitrogens with zero attached hydrogens (tertiary/aromatic N) is 1. The Morgan fingerprint density at radius 1 is 1.29 bits per heavy atom. The Labute approximate surface area is 145 Å². The van der Waals surface area contributed by atoms with E-state index in [1.165, 1.54) is 5.56 Å². The summed E-state index contributed by atoms with van der Waals surface area (Å²) in [4.78, 5) is 4.40. The molecule has 0 radical (unpaired) electrons. The minimum absolute atomic E-state index is 0. The number of nitrogens with one attached hydrogen (secondary N) is 1. The molecule has 0 bridgehead atoms. The SMILES string of the molecule is CCC(C)NC(N)=NCC(C)Cc1ccc(OC)cc1.I. The number of methoxy groups -OCH3 is 1. The van der Waals surface area contributed by atoms with Gasteiger partial charge in [-0.2, -0.15) is 0 Å². The summed E-state index contributed by atoms with van der Waals surface area (Å²) >= 11 is 0. The van der Waals surface area contributed by atoms with Crippen molar-refractivity contribution in [3.8, 4) is 5.75 Å². The van der Waals surface area contributed by atoms with Crippen LogP contribution >= 0.6 is 24.0 Å². The molecule has 0 heterocycles. The summed E-state index contributed by atoms with van der Waals surface area (Å²) in [6.45, 7) is 7.14. The van der Waals surface area contributed by atoms with E-state index in [9.17, 15) is 0 Å². The molecule has 3 N–H and O–H groups in total. The van der Waals surface area contributed by atoms with Crippen LogP contribution in [0.15, 0.2) is 29.3 Å². The van der Waals surface area contributed by atoms with Crippen LogP contribution in [0.1, 0.15) is 32.8 Å². The highest BCUT2D eigenvalue weighted by molar-refractivity contribution is 14.0. The zero-order chi connectivity index (χ0) is 15.0. The molecule has 0 saturated heterocycles. The van der Waals surface area contributed by atoms with Crippen LogP contribution in [0, 0.1) is 5.92 Å². The first-order chi connectivity index (χ1) is 9.55. The van der Waals surface area contributed by atoms with Crippen molar-refractivity contribution in [3.05, 3.63) is 29.8 Å². The number of hydrogen-bond donors (Lipinski definition) is 2. The normalized spacial score (nSPS) is 14.0. The first kappa shape index (κ1) is 20.0. The molecule has 4 nitrogen and oxygen atoms in total. The summed E-state index contributed by atoms with van der Waals surface area (Å²) in [6.07, 6.45) is 2.03. The lowest BCUT2D eigenvalue weighted by molar-refractivity contribution is 0.414. The monoisotopic (exact) mass is 405 g/mol. The molecule has 2 atom stereocenters. The molecule has 0 saturated carbocycles. The van der Waals surface area contributed by atoms with Crippen molar-refractivity contribution in [1.82, 2.24) is 5.32 Å². The number of guanidine groups is 1. The second-order valence-electron chi connectivity index (χ2n) is 5.34. The fraction of sp³-hybridized carbons (Fsp3) is 0.562. The van der Waals surface area contributed by atoms with Gasteiger partial charge in [0.15, 0.2) is 5.96 Å². The van der Waals surface area contributed by atoms with E-state index in [0.29, 0.717) is 17.9 Å². The Balaban J connectivity index is 0.00000400. The molecular formula is C16H28IN3O. The average Bonchev–Trinajstić information content (AvgIpc) is 2.45. The molecule has 1 aromatic rings. The van der Waals surface area contributed by atoms with Gasteiger partial charge in [-0.3, -0.25) is 4.99 Å². The van der Waals surface area contributed by atoms with Gasteiger partial charge < -0.3 is 15.8 Å². The molecule has 120 valence electrons. The maximum absolute atomic E-state index is 5.85. The van der Waals surface area contributed by atoms with Gasteiger partial charge in [0.1, 0.15) is 5.75 Å². The molecule has 21 heavy (non-hydrogen) atoms. The highest BCUT2D eigenvalue weighted by Gasteiger charge is 2.05. The third-order valence-corrected chi connectivity index (χ3v) is 3.32. The van der Waals surface area contributed by atoms with Crippen LogP contribution in [0.4, 0.5) is 0 Å². The van der Waals surface area contributed by atoms with Gasteiger partial charge in [0, 0.05) is 12.6 Å². The minimum atomic E-state index is 0. The molecule has 0 amide bonds. The van der Waals surface area contributed by atoms with Gasteiger partial charge in [0.25, 0.3) is 0 Å². The molecule has 0 aliphatic rings. The Morgan fingerprint density at radius 2 is 1.90 bits per heavy atom. The smallest absolute Gasteiger partial charge is 0.188 e. The van der Waals surface area contributed by atoms with Crippen LogP contribution in [-0.4, -0.2) is 25.7 Å².